The maximum absolute atomic E-state index is 11.1. The molecule has 3 nitrogen and oxygen atoms in total. The number of carbonyl (C=O) groups is 1. The first kappa shape index (κ1) is 14.3. The van der Waals surface area contributed by atoms with Crippen molar-refractivity contribution in [2.75, 3.05) is 7.11 Å². The summed E-state index contributed by atoms with van der Waals surface area (Å²) in [5.74, 6) is 0.773. The Balaban J connectivity index is 2.53. The summed E-state index contributed by atoms with van der Waals surface area (Å²) in [6, 6.07) is 15.8. The van der Waals surface area contributed by atoms with Crippen LogP contribution in [0.3, 0.4) is 0 Å². The van der Waals surface area contributed by atoms with Crippen molar-refractivity contribution >= 4 is 6.29 Å². The monoisotopic (exact) mass is 269 g/mol. The Morgan fingerprint density at radius 3 is 2.40 bits per heavy atom. The minimum Gasteiger partial charge on any atom is -0.496 e. The second-order valence-electron chi connectivity index (χ2n) is 4.60. The average molecular weight is 269 g/mol. The molecule has 1 unspecified atom stereocenters. The van der Waals surface area contributed by atoms with Crippen molar-refractivity contribution in [2.24, 2.45) is 5.73 Å². The van der Waals surface area contributed by atoms with Gasteiger partial charge in [0.25, 0.3) is 0 Å². The number of rotatable bonds is 6. The van der Waals surface area contributed by atoms with Crippen molar-refractivity contribution in [3.8, 4) is 5.75 Å². The van der Waals surface area contributed by atoms with E-state index in [1.54, 1.807) is 7.11 Å². The Hall–Kier alpha value is -2.13. The van der Waals surface area contributed by atoms with Crippen LogP contribution in [0.1, 0.15) is 29.0 Å². The van der Waals surface area contributed by atoms with Gasteiger partial charge in [-0.15, -0.1) is 0 Å². The molecule has 0 amide bonds. The highest BCUT2D eigenvalue weighted by atomic mass is 16.5. The maximum Gasteiger partial charge on any atom is 0.122 e. The zero-order chi connectivity index (χ0) is 14.4. The summed E-state index contributed by atoms with van der Waals surface area (Å²) in [5, 5.41) is 0. The minimum atomic E-state index is -0.0246. The number of nitrogens with two attached hydrogens (primary N) is 1. The van der Waals surface area contributed by atoms with Gasteiger partial charge in [-0.3, -0.25) is 0 Å². The molecule has 0 heterocycles. The molecule has 0 fully saturated rings. The van der Waals surface area contributed by atoms with Gasteiger partial charge in [0.15, 0.2) is 0 Å². The maximum atomic E-state index is 11.1. The SMILES string of the molecule is COc1ccccc1C(CC=O)c1ccccc1CN. The zero-order valence-electron chi connectivity index (χ0n) is 11.6. The number of para-hydroxylation sites is 1. The Kier molecular flexibility index (Phi) is 4.91. The Morgan fingerprint density at radius 1 is 1.10 bits per heavy atom. The summed E-state index contributed by atoms with van der Waals surface area (Å²) >= 11 is 0. The predicted molar refractivity (Wildman–Crippen MR) is 79.9 cm³/mol. The molecule has 0 bridgehead atoms. The third-order valence-electron chi connectivity index (χ3n) is 3.50. The van der Waals surface area contributed by atoms with Crippen LogP contribution in [0.15, 0.2) is 48.5 Å². The van der Waals surface area contributed by atoms with Gasteiger partial charge in [0.05, 0.1) is 7.11 Å². The minimum absolute atomic E-state index is 0.0246. The van der Waals surface area contributed by atoms with Crippen molar-refractivity contribution in [3.63, 3.8) is 0 Å². The molecule has 2 aromatic rings. The quantitative estimate of drug-likeness (QED) is 0.820. The molecule has 0 saturated carbocycles. The lowest BCUT2D eigenvalue weighted by atomic mass is 9.85. The van der Waals surface area contributed by atoms with Crippen LogP contribution >= 0.6 is 0 Å². The van der Waals surface area contributed by atoms with Gasteiger partial charge >= 0.3 is 0 Å². The van der Waals surface area contributed by atoms with Gasteiger partial charge in [-0.1, -0.05) is 42.5 Å². The van der Waals surface area contributed by atoms with Crippen LogP contribution in [-0.4, -0.2) is 13.4 Å². The average Bonchev–Trinajstić information content (AvgIpc) is 2.52. The van der Waals surface area contributed by atoms with Gasteiger partial charge in [0.1, 0.15) is 12.0 Å². The van der Waals surface area contributed by atoms with E-state index >= 15 is 0 Å². The molecule has 0 aliphatic carbocycles. The lowest BCUT2D eigenvalue weighted by Crippen LogP contribution is -2.09. The van der Waals surface area contributed by atoms with Crippen molar-refractivity contribution in [1.82, 2.24) is 0 Å². The van der Waals surface area contributed by atoms with Gasteiger partial charge in [-0.05, 0) is 17.2 Å². The van der Waals surface area contributed by atoms with Gasteiger partial charge in [-0.25, -0.2) is 0 Å². The fraction of sp³-hybridized carbons (Fsp3) is 0.235. The highest BCUT2D eigenvalue weighted by Gasteiger charge is 2.19. The van der Waals surface area contributed by atoms with Gasteiger partial charge in [-0.2, -0.15) is 0 Å². The summed E-state index contributed by atoms with van der Waals surface area (Å²) in [6.07, 6.45) is 1.36. The predicted octanol–water partition coefficient (Wildman–Crippen LogP) is 2.87. The largest absolute Gasteiger partial charge is 0.496 e. The van der Waals surface area contributed by atoms with Gasteiger partial charge in [0, 0.05) is 24.4 Å². The van der Waals surface area contributed by atoms with Crippen LogP contribution in [0.25, 0.3) is 0 Å². The summed E-state index contributed by atoms with van der Waals surface area (Å²) in [5.41, 5.74) is 8.98. The van der Waals surface area contributed by atoms with E-state index in [0.29, 0.717) is 13.0 Å². The van der Waals surface area contributed by atoms with E-state index < -0.39 is 0 Å². The molecular formula is C17H19NO2. The first-order valence-electron chi connectivity index (χ1n) is 6.66. The lowest BCUT2D eigenvalue weighted by Gasteiger charge is -2.20. The Bertz CT molecular complexity index is 533. The summed E-state index contributed by atoms with van der Waals surface area (Å²) < 4.78 is 5.42. The summed E-state index contributed by atoms with van der Waals surface area (Å²) in [6.45, 7) is 0.459. The number of methoxy groups -OCH3 is 1. The molecule has 0 radical (unpaired) electrons. The van der Waals surface area contributed by atoms with E-state index in [1.807, 2.05) is 48.5 Å². The number of carbonyl (C=O) groups excluding carboxylic acids is 1. The molecule has 2 N–H and O–H groups in total. The number of aldehydes is 1. The van der Waals surface area contributed by atoms with Crippen LogP contribution in [0, 0.1) is 0 Å². The second kappa shape index (κ2) is 6.87. The molecule has 0 saturated heterocycles. The fourth-order valence-corrected chi connectivity index (χ4v) is 2.53. The number of benzene rings is 2. The molecule has 3 heteroatoms. The van der Waals surface area contributed by atoms with Gasteiger partial charge < -0.3 is 15.3 Å². The highest BCUT2D eigenvalue weighted by molar-refractivity contribution is 5.56. The Labute approximate surface area is 119 Å². The fourth-order valence-electron chi connectivity index (χ4n) is 2.53. The molecule has 1 atom stereocenters. The number of ether oxygens (including phenoxy) is 1. The molecular weight excluding hydrogens is 250 g/mol. The second-order valence-corrected chi connectivity index (χ2v) is 4.60. The number of hydrogen-bond acceptors (Lipinski definition) is 3. The standard InChI is InChI=1S/C17H19NO2/c1-20-17-9-5-4-8-16(17)15(10-11-19)14-7-3-2-6-13(14)12-18/h2-9,11,15H,10,12,18H2,1H3. The van der Waals surface area contributed by atoms with E-state index in [1.165, 1.54) is 0 Å². The smallest absolute Gasteiger partial charge is 0.122 e. The van der Waals surface area contributed by atoms with Crippen LogP contribution in [0.5, 0.6) is 5.75 Å². The van der Waals surface area contributed by atoms with Crippen LogP contribution in [-0.2, 0) is 11.3 Å². The third-order valence-corrected chi connectivity index (χ3v) is 3.50. The van der Waals surface area contributed by atoms with E-state index in [4.69, 9.17) is 10.5 Å². The number of hydrogen-bond donors (Lipinski definition) is 1. The molecule has 104 valence electrons. The van der Waals surface area contributed by atoms with Crippen molar-refractivity contribution in [3.05, 3.63) is 65.2 Å². The molecule has 2 rings (SSSR count). The molecule has 0 aliphatic heterocycles. The summed E-state index contributed by atoms with van der Waals surface area (Å²) in [7, 11) is 1.64. The van der Waals surface area contributed by atoms with E-state index in [0.717, 1.165) is 28.7 Å². The normalized spacial score (nSPS) is 11.9. The van der Waals surface area contributed by atoms with Gasteiger partial charge in [0.2, 0.25) is 0 Å². The van der Waals surface area contributed by atoms with E-state index in [2.05, 4.69) is 0 Å². The van der Waals surface area contributed by atoms with E-state index in [-0.39, 0.29) is 5.92 Å². The molecule has 2 aromatic carbocycles. The molecule has 0 spiro atoms. The topological polar surface area (TPSA) is 52.3 Å². The zero-order valence-corrected chi connectivity index (χ0v) is 11.6. The van der Waals surface area contributed by atoms with Crippen LogP contribution in [0.4, 0.5) is 0 Å². The Morgan fingerprint density at radius 2 is 1.75 bits per heavy atom. The lowest BCUT2D eigenvalue weighted by molar-refractivity contribution is -0.108. The molecule has 20 heavy (non-hydrogen) atoms. The third kappa shape index (κ3) is 2.89. The highest BCUT2D eigenvalue weighted by Crippen LogP contribution is 2.35. The van der Waals surface area contributed by atoms with Crippen LogP contribution in [0.2, 0.25) is 0 Å². The first-order chi connectivity index (χ1) is 9.81. The van der Waals surface area contributed by atoms with Crippen molar-refractivity contribution < 1.29 is 9.53 Å². The van der Waals surface area contributed by atoms with Crippen molar-refractivity contribution in [1.29, 1.82) is 0 Å². The molecule has 0 aromatic heterocycles. The van der Waals surface area contributed by atoms with Crippen LogP contribution < -0.4 is 10.5 Å². The van der Waals surface area contributed by atoms with Crippen molar-refractivity contribution in [2.45, 2.75) is 18.9 Å². The van der Waals surface area contributed by atoms with E-state index in [9.17, 15) is 4.79 Å². The molecule has 0 aliphatic rings. The summed E-state index contributed by atoms with van der Waals surface area (Å²) in [4.78, 5) is 11.1. The first-order valence-corrected chi connectivity index (χ1v) is 6.66.